The monoisotopic (exact) mass is 219 g/mol. The van der Waals surface area contributed by atoms with Crippen molar-refractivity contribution in [1.82, 2.24) is 19.5 Å². The number of aromatic nitrogens is 3. The first kappa shape index (κ1) is 11.1. The predicted octanol–water partition coefficient (Wildman–Crippen LogP) is -1.81. The number of nitrogens with two attached hydrogens (primary N) is 1. The van der Waals surface area contributed by atoms with Crippen LogP contribution in [0.4, 0.5) is 0 Å². The summed E-state index contributed by atoms with van der Waals surface area (Å²) < 4.78 is 26.4. The third-order valence-corrected chi connectivity index (χ3v) is 3.00. The first-order valence-electron chi connectivity index (χ1n) is 4.05. The van der Waals surface area contributed by atoms with Gasteiger partial charge in [-0.05, 0) is 0 Å². The largest absolute Gasteiger partial charge is 0.329 e. The molecule has 0 saturated carbocycles. The number of sulfonamides is 1. The highest BCUT2D eigenvalue weighted by molar-refractivity contribution is 7.89. The van der Waals surface area contributed by atoms with E-state index < -0.39 is 10.0 Å². The molecule has 1 aromatic heterocycles. The van der Waals surface area contributed by atoms with Crippen LogP contribution in [0.15, 0.2) is 6.33 Å². The van der Waals surface area contributed by atoms with Gasteiger partial charge in [0.1, 0.15) is 12.2 Å². The molecule has 0 saturated heterocycles. The van der Waals surface area contributed by atoms with E-state index in [2.05, 4.69) is 14.9 Å². The van der Waals surface area contributed by atoms with E-state index in [-0.39, 0.29) is 18.8 Å². The van der Waals surface area contributed by atoms with Crippen LogP contribution in [0.3, 0.4) is 0 Å². The zero-order chi connectivity index (χ0) is 10.6. The van der Waals surface area contributed by atoms with Crippen LogP contribution in [0.1, 0.15) is 5.82 Å². The van der Waals surface area contributed by atoms with Crippen LogP contribution in [-0.2, 0) is 23.6 Å². The van der Waals surface area contributed by atoms with E-state index in [1.165, 1.54) is 6.33 Å². The van der Waals surface area contributed by atoms with Crippen molar-refractivity contribution < 1.29 is 8.42 Å². The Morgan fingerprint density at radius 2 is 2.36 bits per heavy atom. The number of nitrogens with zero attached hydrogens (tertiary/aromatic N) is 3. The van der Waals surface area contributed by atoms with E-state index >= 15 is 0 Å². The molecule has 0 atom stereocenters. The summed E-state index contributed by atoms with van der Waals surface area (Å²) in [6, 6.07) is 0. The van der Waals surface area contributed by atoms with Crippen molar-refractivity contribution in [2.75, 3.05) is 12.3 Å². The quantitative estimate of drug-likeness (QED) is 0.607. The molecule has 8 heteroatoms. The summed E-state index contributed by atoms with van der Waals surface area (Å²) in [6.45, 7) is 0.243. The minimum atomic E-state index is -3.28. The van der Waals surface area contributed by atoms with Crippen LogP contribution in [0, 0.1) is 0 Å². The molecular formula is C6H13N5O2S. The second-order valence-electron chi connectivity index (χ2n) is 2.79. The third-order valence-electron chi connectivity index (χ3n) is 1.64. The Hall–Kier alpha value is -0.990. The Balaban J connectivity index is 2.53. The zero-order valence-corrected chi connectivity index (χ0v) is 8.66. The van der Waals surface area contributed by atoms with E-state index in [1.807, 2.05) is 0 Å². The SMILES string of the molecule is Cn1cnnc1CNS(=O)(=O)CCN. The summed E-state index contributed by atoms with van der Waals surface area (Å²) in [5, 5.41) is 7.36. The van der Waals surface area contributed by atoms with Gasteiger partial charge in [0.25, 0.3) is 0 Å². The second-order valence-corrected chi connectivity index (χ2v) is 4.71. The van der Waals surface area contributed by atoms with Crippen LogP contribution >= 0.6 is 0 Å². The summed E-state index contributed by atoms with van der Waals surface area (Å²) in [5.41, 5.74) is 5.14. The predicted molar refractivity (Wildman–Crippen MR) is 50.7 cm³/mol. The van der Waals surface area contributed by atoms with E-state index in [1.54, 1.807) is 11.6 Å². The van der Waals surface area contributed by atoms with Crippen molar-refractivity contribution in [2.24, 2.45) is 12.8 Å². The van der Waals surface area contributed by atoms with Gasteiger partial charge in [-0.2, -0.15) is 0 Å². The van der Waals surface area contributed by atoms with Crippen LogP contribution in [0.25, 0.3) is 0 Å². The van der Waals surface area contributed by atoms with Crippen molar-refractivity contribution in [3.05, 3.63) is 12.2 Å². The van der Waals surface area contributed by atoms with Gasteiger partial charge >= 0.3 is 0 Å². The molecule has 0 aliphatic rings. The maximum absolute atomic E-state index is 11.2. The van der Waals surface area contributed by atoms with Gasteiger partial charge in [-0.15, -0.1) is 10.2 Å². The third kappa shape index (κ3) is 3.05. The Morgan fingerprint density at radius 3 is 2.86 bits per heavy atom. The maximum atomic E-state index is 11.2. The molecule has 0 radical (unpaired) electrons. The lowest BCUT2D eigenvalue weighted by Gasteiger charge is -2.04. The molecule has 0 unspecified atom stereocenters. The second kappa shape index (κ2) is 4.49. The lowest BCUT2D eigenvalue weighted by atomic mass is 10.6. The molecule has 1 heterocycles. The van der Waals surface area contributed by atoms with E-state index in [0.717, 1.165) is 0 Å². The van der Waals surface area contributed by atoms with Crippen molar-refractivity contribution in [1.29, 1.82) is 0 Å². The highest BCUT2D eigenvalue weighted by Crippen LogP contribution is 1.92. The average Bonchev–Trinajstić information content (AvgIpc) is 2.48. The highest BCUT2D eigenvalue weighted by atomic mass is 32.2. The zero-order valence-electron chi connectivity index (χ0n) is 7.84. The van der Waals surface area contributed by atoms with Gasteiger partial charge in [-0.3, -0.25) is 0 Å². The molecule has 3 N–H and O–H groups in total. The molecule has 0 bridgehead atoms. The van der Waals surface area contributed by atoms with Crippen LogP contribution in [-0.4, -0.2) is 35.5 Å². The van der Waals surface area contributed by atoms with Gasteiger partial charge in [-0.1, -0.05) is 0 Å². The molecule has 0 spiro atoms. The van der Waals surface area contributed by atoms with Gasteiger partial charge in [0.2, 0.25) is 10.0 Å². The van der Waals surface area contributed by atoms with Gasteiger partial charge in [0, 0.05) is 13.6 Å². The van der Waals surface area contributed by atoms with Gasteiger partial charge < -0.3 is 10.3 Å². The van der Waals surface area contributed by atoms with Crippen LogP contribution in [0.2, 0.25) is 0 Å². The Bertz CT molecular complexity index is 385. The first-order chi connectivity index (χ1) is 6.55. The van der Waals surface area contributed by atoms with E-state index in [4.69, 9.17) is 5.73 Å². The standard InChI is InChI=1S/C6H13N5O2S/c1-11-5-8-10-6(11)4-9-14(12,13)3-2-7/h5,9H,2-4,7H2,1H3. The highest BCUT2D eigenvalue weighted by Gasteiger charge is 2.09. The summed E-state index contributed by atoms with van der Waals surface area (Å²) in [6.07, 6.45) is 1.51. The molecule has 0 fully saturated rings. The van der Waals surface area contributed by atoms with Crippen LogP contribution in [0.5, 0.6) is 0 Å². The molecule has 0 amide bonds. The Kier molecular flexibility index (Phi) is 3.55. The summed E-state index contributed by atoms with van der Waals surface area (Å²) in [5.74, 6) is 0.482. The van der Waals surface area contributed by atoms with E-state index in [9.17, 15) is 8.42 Å². The Morgan fingerprint density at radius 1 is 1.64 bits per heavy atom. The number of aryl methyl sites for hydroxylation is 1. The number of nitrogens with one attached hydrogen (secondary N) is 1. The topological polar surface area (TPSA) is 103 Å². The molecule has 0 aliphatic heterocycles. The fourth-order valence-corrected chi connectivity index (χ4v) is 1.67. The van der Waals surface area contributed by atoms with Gasteiger partial charge in [-0.25, -0.2) is 13.1 Å². The van der Waals surface area contributed by atoms with Crippen molar-refractivity contribution in [2.45, 2.75) is 6.54 Å². The first-order valence-corrected chi connectivity index (χ1v) is 5.70. The molecule has 0 aliphatic carbocycles. The minimum Gasteiger partial charge on any atom is -0.329 e. The smallest absolute Gasteiger partial charge is 0.213 e. The van der Waals surface area contributed by atoms with Crippen molar-refractivity contribution in [3.63, 3.8) is 0 Å². The Labute approximate surface area is 82.4 Å². The van der Waals surface area contributed by atoms with Crippen LogP contribution < -0.4 is 10.5 Å². The summed E-state index contributed by atoms with van der Waals surface area (Å²) in [7, 11) is -1.54. The maximum Gasteiger partial charge on any atom is 0.213 e. The average molecular weight is 219 g/mol. The fraction of sp³-hybridized carbons (Fsp3) is 0.667. The molecule has 1 rings (SSSR count). The number of rotatable bonds is 5. The number of hydrogen-bond donors (Lipinski definition) is 2. The van der Waals surface area contributed by atoms with Gasteiger partial charge in [0.05, 0.1) is 12.3 Å². The summed E-state index contributed by atoms with van der Waals surface area (Å²) in [4.78, 5) is 0. The van der Waals surface area contributed by atoms with E-state index in [0.29, 0.717) is 5.82 Å². The molecule has 80 valence electrons. The molecule has 1 aromatic rings. The molecule has 14 heavy (non-hydrogen) atoms. The normalized spacial score (nSPS) is 11.9. The molecule has 0 aromatic carbocycles. The molecular weight excluding hydrogens is 206 g/mol. The fourth-order valence-electron chi connectivity index (χ4n) is 0.869. The summed E-state index contributed by atoms with van der Waals surface area (Å²) >= 11 is 0. The number of hydrogen-bond acceptors (Lipinski definition) is 5. The minimum absolute atomic E-state index is 0.0785. The van der Waals surface area contributed by atoms with Crippen molar-refractivity contribution >= 4 is 10.0 Å². The van der Waals surface area contributed by atoms with Gasteiger partial charge in [0.15, 0.2) is 0 Å². The molecule has 7 nitrogen and oxygen atoms in total. The lowest BCUT2D eigenvalue weighted by Crippen LogP contribution is -2.30. The lowest BCUT2D eigenvalue weighted by molar-refractivity contribution is 0.577. The van der Waals surface area contributed by atoms with Crippen molar-refractivity contribution in [3.8, 4) is 0 Å².